The van der Waals surface area contributed by atoms with E-state index in [9.17, 15) is 38.0 Å². The summed E-state index contributed by atoms with van der Waals surface area (Å²) in [4.78, 5) is 46.8. The van der Waals surface area contributed by atoms with E-state index in [1.54, 1.807) is 60.7 Å². The average molecular weight is 867 g/mol. The third kappa shape index (κ3) is 7.81. The second-order valence-corrected chi connectivity index (χ2v) is 17.3. The lowest BCUT2D eigenvalue weighted by Gasteiger charge is -2.34. The first-order valence-electron chi connectivity index (χ1n) is 18.5. The number of nitrogens with one attached hydrogen (secondary N) is 2. The lowest BCUT2D eigenvalue weighted by Crippen LogP contribution is -2.36. The molecule has 3 aromatic carbocycles. The minimum Gasteiger partial charge on any atom is -0.506 e. The standard InChI is InChI=1S/C22H18N4O5S.C19H20N4O5S/c27-19-15-9-6-12-23-21(15)26(31-13-14-7-2-1-3-8-14)22(28)18(19)20-24-16-10-4-5-11-17(16)32(29,30)25-20;1-11(2)10-28-23-18-12(6-5-9-20-18)16(24)15(19(23)25)17-21-13-7-3-4-8-14(13)29(26,27)22-17/h1-12,27,29-30H,13H2,(H,24,25);3-9,11,24,26-27H,10H2,1-2H3,(H,21,22). The first-order chi connectivity index (χ1) is 29.2. The number of hydrogen-bond donors (Lipinski definition) is 8. The smallest absolute Gasteiger partial charge is 0.299 e. The van der Waals surface area contributed by atoms with Crippen LogP contribution >= 0.6 is 21.6 Å². The highest BCUT2D eigenvalue weighted by Crippen LogP contribution is 2.56. The molecule has 20 heteroatoms. The molecule has 0 atom stereocenters. The highest BCUT2D eigenvalue weighted by atomic mass is 32.3. The van der Waals surface area contributed by atoms with Gasteiger partial charge in [0.15, 0.2) is 23.0 Å². The van der Waals surface area contributed by atoms with Gasteiger partial charge >= 0.3 is 0 Å². The normalized spacial score (nSPS) is 15.7. The molecule has 2 aliphatic heterocycles. The van der Waals surface area contributed by atoms with Gasteiger partial charge in [0.1, 0.15) is 45.6 Å². The number of aromatic hydroxyl groups is 2. The summed E-state index contributed by atoms with van der Waals surface area (Å²) in [6.07, 6.45) is 2.96. The van der Waals surface area contributed by atoms with E-state index >= 15 is 0 Å². The monoisotopic (exact) mass is 866 g/mol. The number of nitrogens with zero attached hydrogens (tertiary/aromatic N) is 6. The maximum Gasteiger partial charge on any atom is 0.299 e. The van der Waals surface area contributed by atoms with E-state index < -0.39 is 38.4 Å². The van der Waals surface area contributed by atoms with Crippen molar-refractivity contribution in [1.29, 1.82) is 0 Å². The Morgan fingerprint density at radius 3 is 1.52 bits per heavy atom. The molecule has 0 amide bonds. The number of hydrogen-bond acceptors (Lipinski definition) is 16. The van der Waals surface area contributed by atoms with E-state index in [1.807, 2.05) is 44.2 Å². The van der Waals surface area contributed by atoms with E-state index in [-0.39, 0.29) is 79.5 Å². The van der Waals surface area contributed by atoms with Crippen molar-refractivity contribution in [3.8, 4) is 11.5 Å². The van der Waals surface area contributed by atoms with Gasteiger partial charge in [0.05, 0.1) is 22.1 Å². The SMILES string of the molecule is CC(C)COn1c(=O)c(C2=NS(O)(O)c3ccccc3N2)c(O)c2cccnc21.O=c1c(C2=NS(O)(O)c3ccccc3N2)c(O)c2cccnc2n1OCc1ccccc1. The van der Waals surface area contributed by atoms with Crippen molar-refractivity contribution in [1.82, 2.24) is 19.4 Å². The first kappa shape index (κ1) is 40.8. The Morgan fingerprint density at radius 2 is 1.05 bits per heavy atom. The van der Waals surface area contributed by atoms with Gasteiger partial charge in [0.2, 0.25) is 0 Å². The van der Waals surface area contributed by atoms with Gasteiger partial charge in [-0.25, -0.2) is 9.97 Å². The summed E-state index contributed by atoms with van der Waals surface area (Å²) in [5.41, 5.74) is -0.0794. The molecule has 0 aliphatic carbocycles. The van der Waals surface area contributed by atoms with Crippen LogP contribution in [-0.2, 0) is 6.61 Å². The Hall–Kier alpha value is -6.94. The van der Waals surface area contributed by atoms with Crippen molar-refractivity contribution in [2.24, 2.45) is 14.7 Å². The topological polar surface area (TPSA) is 258 Å². The van der Waals surface area contributed by atoms with Gasteiger partial charge in [-0.2, -0.15) is 0 Å². The molecule has 0 unspecified atom stereocenters. The molecule has 2 aliphatic rings. The molecule has 18 nitrogen and oxygen atoms in total. The third-order valence-corrected chi connectivity index (χ3v) is 12.0. The fraction of sp³-hybridized carbons (Fsp3) is 0.122. The number of fused-ring (bicyclic) bond motifs is 4. The highest BCUT2D eigenvalue weighted by Gasteiger charge is 2.32. The summed E-state index contributed by atoms with van der Waals surface area (Å²) >= 11 is 0. The Balaban J connectivity index is 0.000000169. The van der Waals surface area contributed by atoms with Crippen molar-refractivity contribution in [3.63, 3.8) is 0 Å². The van der Waals surface area contributed by atoms with Crippen LogP contribution in [-0.4, -0.2) is 66.1 Å². The summed E-state index contributed by atoms with van der Waals surface area (Å²) in [6.45, 7) is 4.18. The molecule has 0 saturated carbocycles. The lowest BCUT2D eigenvalue weighted by atomic mass is 10.1. The van der Waals surface area contributed by atoms with Crippen molar-refractivity contribution in [2.75, 3.05) is 17.2 Å². The van der Waals surface area contributed by atoms with E-state index in [4.69, 9.17) is 9.68 Å². The number of anilines is 2. The maximum absolute atomic E-state index is 13.4. The van der Waals surface area contributed by atoms with Gasteiger partial charge in [-0.1, -0.05) is 90.0 Å². The van der Waals surface area contributed by atoms with Crippen molar-refractivity contribution in [3.05, 3.63) is 153 Å². The van der Waals surface area contributed by atoms with E-state index in [0.717, 1.165) is 15.0 Å². The summed E-state index contributed by atoms with van der Waals surface area (Å²) in [5, 5.41) is 28.1. The van der Waals surface area contributed by atoms with Crippen LogP contribution in [0.5, 0.6) is 11.5 Å². The number of pyridine rings is 4. The number of rotatable bonds is 8. The Morgan fingerprint density at radius 1 is 0.607 bits per heavy atom. The minimum absolute atomic E-state index is 0.0779. The summed E-state index contributed by atoms with van der Waals surface area (Å²) < 4.78 is 51.9. The van der Waals surface area contributed by atoms with E-state index in [2.05, 4.69) is 29.4 Å². The van der Waals surface area contributed by atoms with Crippen LogP contribution in [0.2, 0.25) is 0 Å². The Kier molecular flexibility index (Phi) is 10.9. The van der Waals surface area contributed by atoms with Crippen LogP contribution in [0.4, 0.5) is 11.4 Å². The second-order valence-electron chi connectivity index (χ2n) is 14.0. The van der Waals surface area contributed by atoms with Gasteiger partial charge in [0.25, 0.3) is 11.1 Å². The van der Waals surface area contributed by atoms with Crippen LogP contribution in [0.15, 0.2) is 144 Å². The molecule has 61 heavy (non-hydrogen) atoms. The molecule has 7 aromatic rings. The Labute approximate surface area is 349 Å². The largest absolute Gasteiger partial charge is 0.506 e. The highest BCUT2D eigenvalue weighted by molar-refractivity contribution is 8.23. The molecule has 8 N–H and O–H groups in total. The number of amidine groups is 2. The molecule has 4 aromatic heterocycles. The van der Waals surface area contributed by atoms with Gasteiger partial charge in [-0.15, -0.1) is 18.3 Å². The van der Waals surface area contributed by atoms with Crippen molar-refractivity contribution < 1.29 is 38.1 Å². The zero-order valence-electron chi connectivity index (χ0n) is 32.3. The zero-order chi connectivity index (χ0) is 43.1. The molecule has 314 valence electrons. The maximum atomic E-state index is 13.4. The molecule has 6 heterocycles. The van der Waals surface area contributed by atoms with Crippen LogP contribution in [0.3, 0.4) is 0 Å². The zero-order valence-corrected chi connectivity index (χ0v) is 33.9. The molecule has 0 saturated heterocycles. The summed E-state index contributed by atoms with van der Waals surface area (Å²) in [7, 11) is -7.14. The lowest BCUT2D eigenvalue weighted by molar-refractivity contribution is 0.0891. The van der Waals surface area contributed by atoms with Gasteiger partial charge < -0.3 is 30.5 Å². The van der Waals surface area contributed by atoms with Crippen LogP contribution in [0.25, 0.3) is 22.1 Å². The fourth-order valence-corrected chi connectivity index (χ4v) is 8.78. The molecular formula is C41H38N8O10S2. The fourth-order valence-electron chi connectivity index (χ4n) is 6.45. The third-order valence-electron chi connectivity index (χ3n) is 9.26. The van der Waals surface area contributed by atoms with Crippen molar-refractivity contribution >= 4 is 66.7 Å². The molecule has 0 fully saturated rings. The van der Waals surface area contributed by atoms with Gasteiger partial charge in [0, 0.05) is 12.4 Å². The second kappa shape index (κ2) is 16.3. The summed E-state index contributed by atoms with van der Waals surface area (Å²) in [6, 6.07) is 28.7. The van der Waals surface area contributed by atoms with Gasteiger partial charge in [-0.05, 0) is 60.0 Å². The number of benzene rings is 3. The van der Waals surface area contributed by atoms with Crippen molar-refractivity contribution in [2.45, 2.75) is 30.2 Å². The quantitative estimate of drug-likeness (QED) is 0.0790. The first-order valence-corrected chi connectivity index (χ1v) is 21.5. The predicted octanol–water partition coefficient (Wildman–Crippen LogP) is 6.71. The van der Waals surface area contributed by atoms with Crippen LogP contribution < -0.4 is 31.4 Å². The van der Waals surface area contributed by atoms with E-state index in [1.165, 1.54) is 24.5 Å². The minimum atomic E-state index is -3.58. The molecule has 9 rings (SSSR count). The predicted molar refractivity (Wildman–Crippen MR) is 234 cm³/mol. The Bertz CT molecular complexity index is 3010. The van der Waals surface area contributed by atoms with E-state index in [0.29, 0.717) is 11.4 Å². The molecule has 0 bridgehead atoms. The molecule has 0 radical (unpaired) electrons. The average Bonchev–Trinajstić information content (AvgIpc) is 3.24. The van der Waals surface area contributed by atoms with Crippen LogP contribution in [0, 0.1) is 5.92 Å². The van der Waals surface area contributed by atoms with Crippen LogP contribution in [0.1, 0.15) is 30.5 Å². The summed E-state index contributed by atoms with van der Waals surface area (Å²) in [5.74, 6) is -0.948. The molecular weight excluding hydrogens is 829 g/mol. The molecule has 0 spiro atoms. The number of para-hydroxylation sites is 2. The van der Waals surface area contributed by atoms with Gasteiger partial charge in [-0.3, -0.25) is 27.8 Å². The number of aromatic nitrogens is 4.